The van der Waals surface area contributed by atoms with Crippen LogP contribution in [0.1, 0.15) is 88.9 Å². The molecule has 1 rings (SSSR count). The molecule has 1 nitrogen and oxygen atoms in total. The van der Waals surface area contributed by atoms with E-state index in [0.29, 0.717) is 0 Å². The van der Waals surface area contributed by atoms with Crippen molar-refractivity contribution in [2.75, 3.05) is 0 Å². The van der Waals surface area contributed by atoms with Gasteiger partial charge in [-0.3, -0.25) is 0 Å². The molecule has 0 unspecified atom stereocenters. The van der Waals surface area contributed by atoms with Gasteiger partial charge in [0.2, 0.25) is 0 Å². The van der Waals surface area contributed by atoms with Crippen LogP contribution in [-0.2, 0) is 6.54 Å². The Morgan fingerprint density at radius 2 is 1.10 bits per heavy atom. The van der Waals surface area contributed by atoms with E-state index in [9.17, 15) is 0 Å². The second kappa shape index (κ2) is 11.8. The average Bonchev–Trinajstić information content (AvgIpc) is 2.47. The Kier molecular flexibility index (Phi) is 10.2. The SMILES string of the molecule is CCCCCCCCCCCCC[n+]1c(C)cccc1C. The summed E-state index contributed by atoms with van der Waals surface area (Å²) in [4.78, 5) is 0. The van der Waals surface area contributed by atoms with Crippen LogP contribution in [0.2, 0.25) is 0 Å². The quantitative estimate of drug-likeness (QED) is 0.333. The van der Waals surface area contributed by atoms with Crippen LogP contribution in [0, 0.1) is 13.8 Å². The van der Waals surface area contributed by atoms with E-state index in [1.807, 2.05) is 0 Å². The molecule has 0 radical (unpaired) electrons. The standard InChI is InChI=1S/C20H36N/c1-4-5-6-7-8-9-10-11-12-13-14-18-21-19(2)16-15-17-20(21)3/h15-17H,4-14,18H2,1-3H3/q+1. The molecule has 0 saturated heterocycles. The van der Waals surface area contributed by atoms with E-state index in [-0.39, 0.29) is 0 Å². The number of pyridine rings is 1. The molecule has 0 aliphatic rings. The first-order valence-electron chi connectivity index (χ1n) is 9.21. The highest BCUT2D eigenvalue weighted by Gasteiger charge is 2.08. The molecule has 0 aliphatic heterocycles. The van der Waals surface area contributed by atoms with Gasteiger partial charge in [-0.15, -0.1) is 0 Å². The molecule has 0 spiro atoms. The normalized spacial score (nSPS) is 11.0. The number of aryl methyl sites for hydroxylation is 2. The number of nitrogens with zero attached hydrogens (tertiary/aromatic N) is 1. The number of unbranched alkanes of at least 4 members (excludes halogenated alkanes) is 10. The van der Waals surface area contributed by atoms with Crippen LogP contribution < -0.4 is 4.57 Å². The molecule has 1 heteroatoms. The molecule has 1 heterocycles. The van der Waals surface area contributed by atoms with Crippen LogP contribution >= 0.6 is 0 Å². The third-order valence-electron chi connectivity index (χ3n) is 4.51. The van der Waals surface area contributed by atoms with E-state index >= 15 is 0 Å². The maximum atomic E-state index is 2.45. The fourth-order valence-electron chi connectivity index (χ4n) is 3.07. The van der Waals surface area contributed by atoms with E-state index < -0.39 is 0 Å². The van der Waals surface area contributed by atoms with Crippen molar-refractivity contribution < 1.29 is 4.57 Å². The first-order chi connectivity index (χ1) is 10.3. The van der Waals surface area contributed by atoms with Crippen LogP contribution in [0.5, 0.6) is 0 Å². The Balaban J connectivity index is 1.95. The van der Waals surface area contributed by atoms with Crippen molar-refractivity contribution in [2.24, 2.45) is 0 Å². The highest BCUT2D eigenvalue weighted by atomic mass is 15.0. The number of hydrogen-bond acceptors (Lipinski definition) is 0. The highest BCUT2D eigenvalue weighted by Crippen LogP contribution is 2.11. The van der Waals surface area contributed by atoms with Gasteiger partial charge in [0.15, 0.2) is 11.4 Å². The van der Waals surface area contributed by atoms with Gasteiger partial charge >= 0.3 is 0 Å². The van der Waals surface area contributed by atoms with E-state index in [0.717, 1.165) is 0 Å². The van der Waals surface area contributed by atoms with Crippen LogP contribution in [-0.4, -0.2) is 0 Å². The molecule has 21 heavy (non-hydrogen) atoms. The Morgan fingerprint density at radius 1 is 0.667 bits per heavy atom. The summed E-state index contributed by atoms with van der Waals surface area (Å²) >= 11 is 0. The maximum absolute atomic E-state index is 2.45. The van der Waals surface area contributed by atoms with Gasteiger partial charge in [0.25, 0.3) is 0 Å². The van der Waals surface area contributed by atoms with E-state index in [4.69, 9.17) is 0 Å². The summed E-state index contributed by atoms with van der Waals surface area (Å²) in [6.07, 6.45) is 15.6. The lowest BCUT2D eigenvalue weighted by Crippen LogP contribution is -2.40. The Labute approximate surface area is 132 Å². The van der Waals surface area contributed by atoms with Crippen molar-refractivity contribution in [2.45, 2.75) is 97.9 Å². The molecule has 0 N–H and O–H groups in total. The maximum Gasteiger partial charge on any atom is 0.178 e. The predicted octanol–water partition coefficient (Wildman–Crippen LogP) is 5.90. The molecular formula is C20H36N+. The average molecular weight is 291 g/mol. The van der Waals surface area contributed by atoms with Gasteiger partial charge in [-0.1, -0.05) is 64.7 Å². The largest absolute Gasteiger partial charge is 0.200 e. The smallest absolute Gasteiger partial charge is 0.178 e. The zero-order valence-corrected chi connectivity index (χ0v) is 14.7. The molecule has 0 aliphatic carbocycles. The lowest BCUT2D eigenvalue weighted by Gasteiger charge is -2.04. The zero-order valence-electron chi connectivity index (χ0n) is 14.7. The molecule has 1 aromatic heterocycles. The fourth-order valence-corrected chi connectivity index (χ4v) is 3.07. The second-order valence-electron chi connectivity index (χ2n) is 6.50. The first kappa shape index (κ1) is 18.2. The molecule has 0 aromatic carbocycles. The summed E-state index contributed by atoms with van der Waals surface area (Å²) < 4.78 is 2.45. The molecule has 0 fully saturated rings. The summed E-state index contributed by atoms with van der Waals surface area (Å²) in [6.45, 7) is 7.91. The fraction of sp³-hybridized carbons (Fsp3) is 0.750. The summed E-state index contributed by atoms with van der Waals surface area (Å²) in [5.74, 6) is 0. The van der Waals surface area contributed by atoms with Crippen LogP contribution in [0.25, 0.3) is 0 Å². The molecule has 0 saturated carbocycles. The van der Waals surface area contributed by atoms with Crippen molar-refractivity contribution in [3.63, 3.8) is 0 Å². The third kappa shape index (κ3) is 8.24. The van der Waals surface area contributed by atoms with Gasteiger partial charge in [-0.2, -0.15) is 0 Å². The van der Waals surface area contributed by atoms with Crippen molar-refractivity contribution in [3.8, 4) is 0 Å². The molecule has 120 valence electrons. The molecule has 1 aromatic rings. The molecule has 0 amide bonds. The lowest BCUT2D eigenvalue weighted by molar-refractivity contribution is -0.709. The Hall–Kier alpha value is -0.850. The summed E-state index contributed by atoms with van der Waals surface area (Å²) in [5, 5.41) is 0. The number of rotatable bonds is 12. The second-order valence-corrected chi connectivity index (χ2v) is 6.50. The van der Waals surface area contributed by atoms with E-state index in [1.54, 1.807) is 0 Å². The summed E-state index contributed by atoms with van der Waals surface area (Å²) in [5.41, 5.74) is 2.78. The Bertz CT molecular complexity index is 350. The van der Waals surface area contributed by atoms with Crippen molar-refractivity contribution in [3.05, 3.63) is 29.6 Å². The van der Waals surface area contributed by atoms with Crippen molar-refractivity contribution in [1.29, 1.82) is 0 Å². The molecular weight excluding hydrogens is 254 g/mol. The first-order valence-corrected chi connectivity index (χ1v) is 9.21. The van der Waals surface area contributed by atoms with Gasteiger partial charge in [-0.05, 0) is 12.5 Å². The minimum absolute atomic E-state index is 1.19. The summed E-state index contributed by atoms with van der Waals surface area (Å²) in [7, 11) is 0. The van der Waals surface area contributed by atoms with Gasteiger partial charge in [0.1, 0.15) is 6.54 Å². The van der Waals surface area contributed by atoms with E-state index in [1.165, 1.54) is 88.6 Å². The minimum atomic E-state index is 1.19. The third-order valence-corrected chi connectivity index (χ3v) is 4.51. The van der Waals surface area contributed by atoms with E-state index in [2.05, 4.69) is 43.5 Å². The number of aromatic nitrogens is 1. The van der Waals surface area contributed by atoms with Crippen molar-refractivity contribution >= 4 is 0 Å². The highest BCUT2D eigenvalue weighted by molar-refractivity contribution is 5.00. The van der Waals surface area contributed by atoms with Crippen LogP contribution in [0.4, 0.5) is 0 Å². The monoisotopic (exact) mass is 290 g/mol. The van der Waals surface area contributed by atoms with Gasteiger partial charge < -0.3 is 0 Å². The lowest BCUT2D eigenvalue weighted by atomic mass is 10.1. The van der Waals surface area contributed by atoms with Crippen LogP contribution in [0.15, 0.2) is 18.2 Å². The van der Waals surface area contributed by atoms with Crippen molar-refractivity contribution in [1.82, 2.24) is 0 Å². The predicted molar refractivity (Wildman–Crippen MR) is 92.6 cm³/mol. The molecule has 0 atom stereocenters. The van der Waals surface area contributed by atoms with Crippen LogP contribution in [0.3, 0.4) is 0 Å². The topological polar surface area (TPSA) is 3.88 Å². The van der Waals surface area contributed by atoms with Gasteiger partial charge in [0.05, 0.1) is 0 Å². The minimum Gasteiger partial charge on any atom is -0.200 e. The van der Waals surface area contributed by atoms with Gasteiger partial charge in [0, 0.05) is 32.4 Å². The molecule has 0 bridgehead atoms. The summed E-state index contributed by atoms with van der Waals surface area (Å²) in [6, 6.07) is 6.58. The Morgan fingerprint density at radius 3 is 1.57 bits per heavy atom. The number of hydrogen-bond donors (Lipinski definition) is 0. The zero-order chi connectivity index (χ0) is 15.3. The van der Waals surface area contributed by atoms with Gasteiger partial charge in [-0.25, -0.2) is 4.57 Å².